The zero-order valence-corrected chi connectivity index (χ0v) is 6.77. The van der Waals surface area contributed by atoms with Crippen LogP contribution >= 0.6 is 0 Å². The normalized spacial score (nSPS) is 33.6. The molecule has 5 heavy (non-hydrogen) atoms. The van der Waals surface area contributed by atoms with E-state index in [2.05, 4.69) is 0 Å². The van der Waals surface area contributed by atoms with Crippen LogP contribution in [-0.2, 0) is 0 Å². The standard InChI is InChI=1S/C3H6As2/c1-2-4-5-3-1/h1-3H2. The molecule has 1 rings (SSSR count). The van der Waals surface area contributed by atoms with Crippen LogP contribution in [0.15, 0.2) is 0 Å². The number of hydrogen-bond acceptors (Lipinski definition) is 0. The van der Waals surface area contributed by atoms with Crippen LogP contribution in [0.3, 0.4) is 0 Å². The quantitative estimate of drug-likeness (QED) is 0.491. The van der Waals surface area contributed by atoms with E-state index in [0.717, 1.165) is 27.4 Å². The molecule has 0 unspecified atom stereocenters. The van der Waals surface area contributed by atoms with Gasteiger partial charge in [0.1, 0.15) is 0 Å². The van der Waals surface area contributed by atoms with Crippen LogP contribution < -0.4 is 0 Å². The summed E-state index contributed by atoms with van der Waals surface area (Å²) in [5, 5.41) is 3.27. The Balaban J connectivity index is 2.08. The van der Waals surface area contributed by atoms with Gasteiger partial charge in [0.2, 0.25) is 0 Å². The van der Waals surface area contributed by atoms with Crippen LogP contribution in [0.2, 0.25) is 10.4 Å². The van der Waals surface area contributed by atoms with Crippen molar-refractivity contribution in [3.8, 4) is 0 Å². The van der Waals surface area contributed by atoms with Crippen molar-refractivity contribution in [2.75, 3.05) is 0 Å². The molecule has 0 saturated carbocycles. The van der Waals surface area contributed by atoms with Gasteiger partial charge in [-0.1, -0.05) is 0 Å². The topological polar surface area (TPSA) is 0 Å². The van der Waals surface area contributed by atoms with E-state index >= 15 is 0 Å². The maximum atomic E-state index is 1.64. The first-order valence-electron chi connectivity index (χ1n) is 1.83. The first-order valence-corrected chi connectivity index (χ1v) is 9.69. The molecular formula is C3H6As2. The minimum atomic E-state index is 0.948. The molecule has 0 bridgehead atoms. The first-order chi connectivity index (χ1) is 2.50. The van der Waals surface area contributed by atoms with Gasteiger partial charge in [0.05, 0.1) is 0 Å². The van der Waals surface area contributed by atoms with Gasteiger partial charge in [-0.3, -0.25) is 0 Å². The van der Waals surface area contributed by atoms with Gasteiger partial charge >= 0.3 is 44.2 Å². The summed E-state index contributed by atoms with van der Waals surface area (Å²) in [7, 11) is 0. The average Bonchev–Trinajstić information content (AvgIpc) is 1.76. The molecule has 0 spiro atoms. The van der Waals surface area contributed by atoms with Gasteiger partial charge in [-0.2, -0.15) is 0 Å². The maximum absolute atomic E-state index is 1.64. The average molecular weight is 192 g/mol. The molecule has 1 saturated heterocycles. The Morgan fingerprint density at radius 3 is 1.80 bits per heavy atom. The number of hydrogen-bond donors (Lipinski definition) is 0. The van der Waals surface area contributed by atoms with Crippen molar-refractivity contribution in [3.05, 3.63) is 0 Å². The van der Waals surface area contributed by atoms with Crippen molar-refractivity contribution in [1.82, 2.24) is 0 Å². The Kier molecular flexibility index (Phi) is 1.98. The Morgan fingerprint density at radius 2 is 1.60 bits per heavy atom. The molecule has 28 valence electrons. The van der Waals surface area contributed by atoms with E-state index in [1.807, 2.05) is 0 Å². The van der Waals surface area contributed by atoms with Gasteiger partial charge in [-0.25, -0.2) is 0 Å². The van der Waals surface area contributed by atoms with Crippen molar-refractivity contribution in [3.63, 3.8) is 0 Å². The fourth-order valence-electron chi connectivity index (χ4n) is 0.354. The molecule has 0 aromatic heterocycles. The fraction of sp³-hybridized carbons (Fsp3) is 1.00. The van der Waals surface area contributed by atoms with Crippen molar-refractivity contribution >= 4 is 27.4 Å². The fourth-order valence-corrected chi connectivity index (χ4v) is 9.55. The third-order valence-electron chi connectivity index (χ3n) is 0.616. The summed E-state index contributed by atoms with van der Waals surface area (Å²) in [6, 6.07) is 0. The summed E-state index contributed by atoms with van der Waals surface area (Å²) >= 11 is 1.90. The summed E-state index contributed by atoms with van der Waals surface area (Å²) in [5.41, 5.74) is 0. The van der Waals surface area contributed by atoms with E-state index in [9.17, 15) is 0 Å². The molecule has 1 heterocycles. The van der Waals surface area contributed by atoms with Gasteiger partial charge in [0, 0.05) is 0 Å². The summed E-state index contributed by atoms with van der Waals surface area (Å²) in [6.45, 7) is 0. The van der Waals surface area contributed by atoms with Gasteiger partial charge in [-0.15, -0.1) is 0 Å². The Bertz CT molecular complexity index is 16.5. The second kappa shape index (κ2) is 2.32. The van der Waals surface area contributed by atoms with E-state index in [0.29, 0.717) is 0 Å². The molecular weight excluding hydrogens is 186 g/mol. The molecule has 0 N–H and O–H groups in total. The van der Waals surface area contributed by atoms with Crippen LogP contribution in [0.5, 0.6) is 0 Å². The Hall–Kier alpha value is 1.12. The van der Waals surface area contributed by atoms with E-state index < -0.39 is 0 Å². The predicted octanol–water partition coefficient (Wildman–Crippen LogP) is 0.550. The van der Waals surface area contributed by atoms with Crippen LogP contribution in [0.1, 0.15) is 6.42 Å². The molecule has 0 aromatic rings. The summed E-state index contributed by atoms with van der Waals surface area (Å²) in [4.78, 5) is 0. The third-order valence-corrected chi connectivity index (χ3v) is 9.74. The molecule has 2 radical (unpaired) electrons. The molecule has 0 aliphatic carbocycles. The first kappa shape index (κ1) is 4.28. The van der Waals surface area contributed by atoms with Crippen molar-refractivity contribution < 1.29 is 0 Å². The van der Waals surface area contributed by atoms with Crippen LogP contribution in [0.25, 0.3) is 0 Å². The van der Waals surface area contributed by atoms with Gasteiger partial charge < -0.3 is 0 Å². The van der Waals surface area contributed by atoms with E-state index in [1.54, 1.807) is 16.8 Å². The van der Waals surface area contributed by atoms with Crippen molar-refractivity contribution in [2.45, 2.75) is 16.8 Å². The summed E-state index contributed by atoms with van der Waals surface area (Å²) in [6.07, 6.45) is 1.58. The van der Waals surface area contributed by atoms with Crippen LogP contribution in [-0.4, -0.2) is 27.4 Å². The second-order valence-corrected chi connectivity index (χ2v) is 10.3. The Labute approximate surface area is 44.4 Å². The summed E-state index contributed by atoms with van der Waals surface area (Å²) in [5.74, 6) is 0. The van der Waals surface area contributed by atoms with Crippen molar-refractivity contribution in [1.29, 1.82) is 0 Å². The summed E-state index contributed by atoms with van der Waals surface area (Å²) < 4.78 is 0. The minimum absolute atomic E-state index is 0.948. The molecule has 0 amide bonds. The van der Waals surface area contributed by atoms with Gasteiger partial charge in [0.25, 0.3) is 0 Å². The van der Waals surface area contributed by atoms with Crippen LogP contribution in [0.4, 0.5) is 0 Å². The molecule has 0 aromatic carbocycles. The zero-order chi connectivity index (χ0) is 3.54. The van der Waals surface area contributed by atoms with E-state index in [4.69, 9.17) is 0 Å². The SMILES string of the molecule is C1C[As][As]C1. The molecule has 1 fully saturated rings. The second-order valence-electron chi connectivity index (χ2n) is 1.08. The molecule has 1 aliphatic heterocycles. The van der Waals surface area contributed by atoms with Gasteiger partial charge in [-0.05, 0) is 0 Å². The molecule has 0 nitrogen and oxygen atoms in total. The third kappa shape index (κ3) is 1.33. The van der Waals surface area contributed by atoms with E-state index in [1.165, 1.54) is 0 Å². The van der Waals surface area contributed by atoms with Crippen molar-refractivity contribution in [2.24, 2.45) is 0 Å². The zero-order valence-electron chi connectivity index (χ0n) is 3.02. The van der Waals surface area contributed by atoms with Crippen LogP contribution in [0, 0.1) is 0 Å². The molecule has 1 aliphatic rings. The molecule has 2 heteroatoms. The number of rotatable bonds is 0. The van der Waals surface area contributed by atoms with Gasteiger partial charge in [0.15, 0.2) is 0 Å². The van der Waals surface area contributed by atoms with E-state index in [-0.39, 0.29) is 0 Å². The Morgan fingerprint density at radius 1 is 1.00 bits per heavy atom. The monoisotopic (exact) mass is 192 g/mol. The predicted molar refractivity (Wildman–Crippen MR) is 25.7 cm³/mol. The molecule has 0 atom stereocenters.